The molecule has 2 saturated heterocycles. The number of nitrogens with zero attached hydrogens (tertiary/aromatic N) is 2. The largest absolute Gasteiger partial charge is 0.342 e. The average molecular weight is 359 g/mol. The van der Waals surface area contributed by atoms with Gasteiger partial charge in [0.05, 0.1) is 11.8 Å². The molecule has 2 aliphatic heterocycles. The van der Waals surface area contributed by atoms with Gasteiger partial charge in [0.2, 0.25) is 11.8 Å². The Bertz CT molecular complexity index is 446. The number of carbonyl (C=O) groups excluding carboxylic acids is 2. The zero-order chi connectivity index (χ0) is 17.9. The lowest BCUT2D eigenvalue weighted by molar-refractivity contribution is -0.133. The molecule has 2 aliphatic carbocycles. The van der Waals surface area contributed by atoms with Crippen LogP contribution in [0.15, 0.2) is 0 Å². The first kappa shape index (κ1) is 18.3. The fourth-order valence-electron chi connectivity index (χ4n) is 5.63. The Morgan fingerprint density at radius 1 is 0.577 bits per heavy atom. The minimum atomic E-state index is 0.356. The SMILES string of the molecule is O=C([C]1CCCC1)N1CCC(C2CCN(C(=O)[C]3CCCC3)CC2)CC1. The van der Waals surface area contributed by atoms with Crippen molar-refractivity contribution in [1.29, 1.82) is 0 Å². The summed E-state index contributed by atoms with van der Waals surface area (Å²) in [5, 5.41) is 0. The first-order valence-electron chi connectivity index (χ1n) is 11.0. The van der Waals surface area contributed by atoms with Crippen molar-refractivity contribution in [2.75, 3.05) is 26.2 Å². The highest BCUT2D eigenvalue weighted by atomic mass is 16.2. The molecule has 2 radical (unpaired) electrons. The van der Waals surface area contributed by atoms with Crippen LogP contribution in [0.2, 0.25) is 0 Å². The summed E-state index contributed by atoms with van der Waals surface area (Å²) in [5.74, 6) is 4.58. The summed E-state index contributed by atoms with van der Waals surface area (Å²) in [5.41, 5.74) is 0. The fraction of sp³-hybridized carbons (Fsp3) is 0.818. The Morgan fingerprint density at radius 3 is 1.19 bits per heavy atom. The van der Waals surface area contributed by atoms with Gasteiger partial charge in [0.1, 0.15) is 0 Å². The van der Waals surface area contributed by atoms with Gasteiger partial charge in [0.15, 0.2) is 0 Å². The molecule has 26 heavy (non-hydrogen) atoms. The molecular weight excluding hydrogens is 324 g/mol. The molecule has 0 bridgehead atoms. The number of carbonyl (C=O) groups is 2. The van der Waals surface area contributed by atoms with E-state index in [0.717, 1.165) is 89.4 Å². The first-order valence-corrected chi connectivity index (χ1v) is 11.0. The van der Waals surface area contributed by atoms with Gasteiger partial charge in [0.25, 0.3) is 0 Å². The normalized spacial score (nSPS) is 27.4. The average Bonchev–Trinajstić information content (AvgIpc) is 3.41. The van der Waals surface area contributed by atoms with Gasteiger partial charge in [-0.3, -0.25) is 9.59 Å². The maximum Gasteiger partial charge on any atom is 0.229 e. The topological polar surface area (TPSA) is 40.6 Å². The second-order valence-electron chi connectivity index (χ2n) is 8.88. The molecule has 0 aromatic heterocycles. The van der Waals surface area contributed by atoms with Crippen LogP contribution < -0.4 is 0 Å². The molecule has 2 saturated carbocycles. The third kappa shape index (κ3) is 3.94. The Morgan fingerprint density at radius 2 is 0.885 bits per heavy atom. The van der Waals surface area contributed by atoms with Gasteiger partial charge in [-0.1, -0.05) is 25.7 Å². The van der Waals surface area contributed by atoms with Crippen molar-refractivity contribution < 1.29 is 9.59 Å². The summed E-state index contributed by atoms with van der Waals surface area (Å²) in [6.45, 7) is 3.79. The van der Waals surface area contributed by atoms with Gasteiger partial charge in [-0.25, -0.2) is 0 Å². The maximum atomic E-state index is 12.6. The molecule has 2 amide bonds. The molecule has 0 spiro atoms. The van der Waals surface area contributed by atoms with Crippen LogP contribution in [0.5, 0.6) is 0 Å². The predicted molar refractivity (Wildman–Crippen MR) is 102 cm³/mol. The minimum absolute atomic E-state index is 0.356. The molecule has 0 aromatic rings. The van der Waals surface area contributed by atoms with Gasteiger partial charge in [-0.2, -0.15) is 0 Å². The van der Waals surface area contributed by atoms with Gasteiger partial charge >= 0.3 is 0 Å². The van der Waals surface area contributed by atoms with Crippen LogP contribution in [0, 0.1) is 23.7 Å². The molecule has 4 heteroatoms. The van der Waals surface area contributed by atoms with E-state index in [1.807, 2.05) is 0 Å². The molecule has 144 valence electrons. The van der Waals surface area contributed by atoms with Crippen LogP contribution in [0.25, 0.3) is 0 Å². The lowest BCUT2D eigenvalue weighted by Crippen LogP contribution is -2.45. The lowest BCUT2D eigenvalue weighted by atomic mass is 9.78. The van der Waals surface area contributed by atoms with Crippen molar-refractivity contribution >= 4 is 11.8 Å². The Balaban J connectivity index is 1.21. The van der Waals surface area contributed by atoms with E-state index in [1.165, 1.54) is 37.5 Å². The summed E-state index contributed by atoms with van der Waals surface area (Å²) in [4.78, 5) is 29.4. The van der Waals surface area contributed by atoms with E-state index in [1.54, 1.807) is 0 Å². The minimum Gasteiger partial charge on any atom is -0.342 e. The third-order valence-corrected chi connectivity index (χ3v) is 7.34. The number of hydrogen-bond acceptors (Lipinski definition) is 2. The molecule has 0 atom stereocenters. The summed E-state index contributed by atoms with van der Waals surface area (Å²) in [7, 11) is 0. The highest BCUT2D eigenvalue weighted by Gasteiger charge is 2.35. The van der Waals surface area contributed by atoms with Crippen molar-refractivity contribution in [3.63, 3.8) is 0 Å². The maximum absolute atomic E-state index is 12.6. The number of rotatable bonds is 3. The van der Waals surface area contributed by atoms with Crippen molar-refractivity contribution in [3.8, 4) is 0 Å². The zero-order valence-corrected chi connectivity index (χ0v) is 16.2. The molecule has 2 heterocycles. The monoisotopic (exact) mass is 358 g/mol. The van der Waals surface area contributed by atoms with Crippen LogP contribution in [-0.2, 0) is 9.59 Å². The number of amides is 2. The summed E-state index contributed by atoms with van der Waals surface area (Å²) in [6.07, 6.45) is 13.6. The highest BCUT2D eigenvalue weighted by Crippen LogP contribution is 2.36. The van der Waals surface area contributed by atoms with E-state index in [-0.39, 0.29) is 0 Å². The van der Waals surface area contributed by atoms with E-state index in [2.05, 4.69) is 9.80 Å². The van der Waals surface area contributed by atoms with E-state index in [0.29, 0.717) is 11.8 Å². The molecule has 0 N–H and O–H groups in total. The molecular formula is C22H34N2O2. The van der Waals surface area contributed by atoms with Crippen LogP contribution in [0.4, 0.5) is 0 Å². The quantitative estimate of drug-likeness (QED) is 0.771. The van der Waals surface area contributed by atoms with Gasteiger partial charge in [-0.05, 0) is 63.2 Å². The van der Waals surface area contributed by atoms with Crippen LogP contribution in [-0.4, -0.2) is 47.8 Å². The Kier molecular flexibility index (Phi) is 5.85. The first-order chi connectivity index (χ1) is 12.7. The Labute approximate surface area is 158 Å². The third-order valence-electron chi connectivity index (χ3n) is 7.34. The molecule has 0 aromatic carbocycles. The molecule has 4 fully saturated rings. The van der Waals surface area contributed by atoms with Crippen LogP contribution >= 0.6 is 0 Å². The Hall–Kier alpha value is -1.06. The van der Waals surface area contributed by atoms with Gasteiger partial charge < -0.3 is 9.80 Å². The summed E-state index contributed by atoms with van der Waals surface area (Å²) >= 11 is 0. The van der Waals surface area contributed by atoms with Gasteiger partial charge in [-0.15, -0.1) is 0 Å². The standard InChI is InChI=1S/C22H34N2O2/c25-21(19-5-1-2-6-19)23-13-9-17(10-14-23)18-11-15-24(16-12-18)22(26)20-7-3-4-8-20/h17-18H,1-16H2. The second kappa shape index (κ2) is 8.31. The smallest absolute Gasteiger partial charge is 0.229 e. The molecule has 4 aliphatic rings. The lowest BCUT2D eigenvalue weighted by Gasteiger charge is -2.41. The van der Waals surface area contributed by atoms with Crippen LogP contribution in [0.3, 0.4) is 0 Å². The molecule has 4 nitrogen and oxygen atoms in total. The van der Waals surface area contributed by atoms with Crippen molar-refractivity contribution in [2.24, 2.45) is 11.8 Å². The highest BCUT2D eigenvalue weighted by molar-refractivity contribution is 5.90. The zero-order valence-electron chi connectivity index (χ0n) is 16.2. The summed E-state index contributed by atoms with van der Waals surface area (Å²) < 4.78 is 0. The second-order valence-corrected chi connectivity index (χ2v) is 8.88. The number of hydrogen-bond donors (Lipinski definition) is 0. The van der Waals surface area contributed by atoms with Crippen LogP contribution in [0.1, 0.15) is 77.0 Å². The van der Waals surface area contributed by atoms with Crippen molar-refractivity contribution in [3.05, 3.63) is 11.8 Å². The van der Waals surface area contributed by atoms with Crippen molar-refractivity contribution in [1.82, 2.24) is 9.80 Å². The molecule has 0 unspecified atom stereocenters. The number of likely N-dealkylation sites (tertiary alicyclic amines) is 2. The van der Waals surface area contributed by atoms with E-state index in [9.17, 15) is 9.59 Å². The van der Waals surface area contributed by atoms with E-state index in [4.69, 9.17) is 0 Å². The predicted octanol–water partition coefficient (Wildman–Crippen LogP) is 3.76. The van der Waals surface area contributed by atoms with E-state index >= 15 is 0 Å². The fourth-order valence-corrected chi connectivity index (χ4v) is 5.63. The van der Waals surface area contributed by atoms with E-state index < -0.39 is 0 Å². The van der Waals surface area contributed by atoms with Crippen molar-refractivity contribution in [2.45, 2.75) is 77.0 Å². The number of piperidine rings is 2. The summed E-state index contributed by atoms with van der Waals surface area (Å²) in [6, 6.07) is 0. The molecule has 4 rings (SSSR count). The van der Waals surface area contributed by atoms with Gasteiger partial charge in [0, 0.05) is 26.2 Å².